The predicted octanol–water partition coefficient (Wildman–Crippen LogP) is 4.22. The van der Waals surface area contributed by atoms with Crippen LogP contribution in [0.3, 0.4) is 0 Å². The number of aryl methyl sites for hydroxylation is 2. The van der Waals surface area contributed by atoms with Gasteiger partial charge in [-0.3, -0.25) is 4.68 Å². The summed E-state index contributed by atoms with van der Waals surface area (Å²) >= 11 is 11.9. The Balaban J connectivity index is 2.31. The molecular formula is C13H14Cl2N2O. The van der Waals surface area contributed by atoms with Gasteiger partial charge in [0.1, 0.15) is 11.4 Å². The van der Waals surface area contributed by atoms with Crippen LogP contribution in [0.5, 0.6) is 11.5 Å². The molecule has 0 bridgehead atoms. The molecule has 2 rings (SSSR count). The minimum absolute atomic E-state index is 0.393. The maximum Gasteiger partial charge on any atom is 0.171 e. The summed E-state index contributed by atoms with van der Waals surface area (Å²) in [5.41, 5.74) is 2.72. The Morgan fingerprint density at radius 2 is 2.06 bits per heavy atom. The van der Waals surface area contributed by atoms with Crippen LogP contribution in [0.4, 0.5) is 0 Å². The maximum atomic E-state index is 6.10. The van der Waals surface area contributed by atoms with Crippen LogP contribution >= 0.6 is 23.2 Å². The number of nitrogens with zero attached hydrogens (tertiary/aromatic N) is 2. The molecule has 1 aromatic carbocycles. The highest BCUT2D eigenvalue weighted by Crippen LogP contribution is 2.31. The van der Waals surface area contributed by atoms with E-state index in [9.17, 15) is 0 Å². The third kappa shape index (κ3) is 2.47. The minimum Gasteiger partial charge on any atom is -0.453 e. The summed E-state index contributed by atoms with van der Waals surface area (Å²) in [5, 5.41) is 4.91. The lowest BCUT2D eigenvalue weighted by atomic mass is 10.2. The number of benzene rings is 1. The summed E-state index contributed by atoms with van der Waals surface area (Å²) in [6.45, 7) is 3.88. The Bertz CT molecular complexity index is 579. The fourth-order valence-electron chi connectivity index (χ4n) is 1.72. The van der Waals surface area contributed by atoms with Gasteiger partial charge in [-0.05, 0) is 31.5 Å². The van der Waals surface area contributed by atoms with Crippen molar-refractivity contribution >= 4 is 23.2 Å². The van der Waals surface area contributed by atoms with E-state index >= 15 is 0 Å². The first kappa shape index (κ1) is 13.2. The quantitative estimate of drug-likeness (QED) is 0.789. The van der Waals surface area contributed by atoms with E-state index in [4.69, 9.17) is 27.9 Å². The molecule has 3 nitrogen and oxygen atoms in total. The SMILES string of the molecule is Cc1nn(C)c(C)c1Oc1ccc(CCl)c(Cl)c1. The van der Waals surface area contributed by atoms with E-state index in [2.05, 4.69) is 5.10 Å². The van der Waals surface area contributed by atoms with Crippen LogP contribution in [0.2, 0.25) is 5.02 Å². The fraction of sp³-hybridized carbons (Fsp3) is 0.308. The number of hydrogen-bond donors (Lipinski definition) is 0. The van der Waals surface area contributed by atoms with E-state index in [1.807, 2.05) is 33.0 Å². The number of halogens is 2. The van der Waals surface area contributed by atoms with Crippen molar-refractivity contribution in [2.75, 3.05) is 0 Å². The van der Waals surface area contributed by atoms with Gasteiger partial charge >= 0.3 is 0 Å². The van der Waals surface area contributed by atoms with Gasteiger partial charge < -0.3 is 4.74 Å². The molecule has 0 amide bonds. The Hall–Kier alpha value is -1.19. The summed E-state index contributed by atoms with van der Waals surface area (Å²) in [6, 6.07) is 5.49. The van der Waals surface area contributed by atoms with E-state index in [1.54, 1.807) is 10.7 Å². The monoisotopic (exact) mass is 284 g/mol. The van der Waals surface area contributed by atoms with Crippen LogP contribution in [-0.4, -0.2) is 9.78 Å². The van der Waals surface area contributed by atoms with Crippen molar-refractivity contribution < 1.29 is 4.74 Å². The molecule has 0 unspecified atom stereocenters. The number of hydrogen-bond acceptors (Lipinski definition) is 2. The molecule has 0 aliphatic rings. The molecule has 1 aromatic heterocycles. The first-order chi connectivity index (χ1) is 8.52. The molecule has 18 heavy (non-hydrogen) atoms. The highest BCUT2D eigenvalue weighted by molar-refractivity contribution is 6.32. The third-order valence-electron chi connectivity index (χ3n) is 2.83. The summed E-state index contributed by atoms with van der Waals surface area (Å²) in [7, 11) is 1.89. The zero-order chi connectivity index (χ0) is 13.3. The molecule has 0 atom stereocenters. The van der Waals surface area contributed by atoms with E-state index in [1.165, 1.54) is 0 Å². The molecule has 0 spiro atoms. The lowest BCUT2D eigenvalue weighted by Gasteiger charge is -2.08. The van der Waals surface area contributed by atoms with Crippen LogP contribution < -0.4 is 4.74 Å². The fourth-order valence-corrected chi connectivity index (χ4v) is 2.26. The van der Waals surface area contributed by atoms with Crippen LogP contribution in [0.25, 0.3) is 0 Å². The van der Waals surface area contributed by atoms with Crippen molar-refractivity contribution in [2.45, 2.75) is 19.7 Å². The van der Waals surface area contributed by atoms with E-state index < -0.39 is 0 Å². The summed E-state index contributed by atoms with van der Waals surface area (Å²) < 4.78 is 7.62. The number of alkyl halides is 1. The molecule has 0 saturated heterocycles. The van der Waals surface area contributed by atoms with Crippen LogP contribution in [0, 0.1) is 13.8 Å². The predicted molar refractivity (Wildman–Crippen MR) is 73.8 cm³/mol. The molecule has 2 aromatic rings. The standard InChI is InChI=1S/C13H14Cl2N2O/c1-8-13(9(2)17(3)16-8)18-11-5-4-10(7-14)12(15)6-11/h4-6H,7H2,1-3H3. The number of aromatic nitrogens is 2. The first-order valence-corrected chi connectivity index (χ1v) is 6.46. The smallest absolute Gasteiger partial charge is 0.171 e. The molecule has 0 aliphatic carbocycles. The lowest BCUT2D eigenvalue weighted by Crippen LogP contribution is -1.93. The lowest BCUT2D eigenvalue weighted by molar-refractivity contribution is 0.474. The summed E-state index contributed by atoms with van der Waals surface area (Å²) in [5.74, 6) is 1.85. The number of ether oxygens (including phenoxy) is 1. The molecule has 0 saturated carbocycles. The first-order valence-electron chi connectivity index (χ1n) is 5.55. The van der Waals surface area contributed by atoms with Crippen LogP contribution in [0.15, 0.2) is 18.2 Å². The molecule has 0 fully saturated rings. The van der Waals surface area contributed by atoms with Gasteiger partial charge in [-0.15, -0.1) is 11.6 Å². The van der Waals surface area contributed by atoms with Crippen molar-refractivity contribution in [1.82, 2.24) is 9.78 Å². The summed E-state index contributed by atoms with van der Waals surface area (Å²) in [4.78, 5) is 0. The van der Waals surface area contributed by atoms with Crippen molar-refractivity contribution in [2.24, 2.45) is 7.05 Å². The second kappa shape index (κ2) is 5.21. The van der Waals surface area contributed by atoms with Gasteiger partial charge in [0.2, 0.25) is 0 Å². The van der Waals surface area contributed by atoms with Gasteiger partial charge in [0.25, 0.3) is 0 Å². The molecular weight excluding hydrogens is 271 g/mol. The Morgan fingerprint density at radius 3 is 2.56 bits per heavy atom. The van der Waals surface area contributed by atoms with Crippen molar-refractivity contribution in [3.63, 3.8) is 0 Å². The zero-order valence-corrected chi connectivity index (χ0v) is 12.0. The molecule has 96 valence electrons. The second-order valence-electron chi connectivity index (χ2n) is 4.11. The van der Waals surface area contributed by atoms with Crippen LogP contribution in [0.1, 0.15) is 17.0 Å². The second-order valence-corrected chi connectivity index (χ2v) is 4.79. The van der Waals surface area contributed by atoms with Gasteiger partial charge in [-0.25, -0.2) is 0 Å². The highest BCUT2D eigenvalue weighted by atomic mass is 35.5. The van der Waals surface area contributed by atoms with E-state index in [0.717, 1.165) is 22.7 Å². The zero-order valence-electron chi connectivity index (χ0n) is 10.5. The van der Waals surface area contributed by atoms with Gasteiger partial charge in [0.05, 0.1) is 5.69 Å². The molecule has 5 heteroatoms. The average Bonchev–Trinajstić information content (AvgIpc) is 2.56. The average molecular weight is 285 g/mol. The molecule has 1 heterocycles. The summed E-state index contributed by atoms with van der Waals surface area (Å²) in [6.07, 6.45) is 0. The minimum atomic E-state index is 0.393. The van der Waals surface area contributed by atoms with Crippen LogP contribution in [-0.2, 0) is 12.9 Å². The molecule has 0 N–H and O–H groups in total. The third-order valence-corrected chi connectivity index (χ3v) is 3.47. The van der Waals surface area contributed by atoms with E-state index in [0.29, 0.717) is 16.7 Å². The van der Waals surface area contributed by atoms with Gasteiger partial charge in [0, 0.05) is 18.0 Å². The molecule has 0 radical (unpaired) electrons. The Morgan fingerprint density at radius 1 is 1.33 bits per heavy atom. The Labute approximate surface area is 116 Å². The van der Waals surface area contributed by atoms with Crippen molar-refractivity contribution in [3.05, 3.63) is 40.2 Å². The van der Waals surface area contributed by atoms with E-state index in [-0.39, 0.29) is 0 Å². The maximum absolute atomic E-state index is 6.10. The number of rotatable bonds is 3. The van der Waals surface area contributed by atoms with Gasteiger partial charge in [-0.2, -0.15) is 5.10 Å². The topological polar surface area (TPSA) is 27.1 Å². The van der Waals surface area contributed by atoms with Crippen molar-refractivity contribution in [1.29, 1.82) is 0 Å². The normalized spacial score (nSPS) is 10.7. The largest absolute Gasteiger partial charge is 0.453 e. The van der Waals surface area contributed by atoms with Crippen molar-refractivity contribution in [3.8, 4) is 11.5 Å². The Kier molecular flexibility index (Phi) is 3.83. The highest BCUT2D eigenvalue weighted by Gasteiger charge is 2.12. The van der Waals surface area contributed by atoms with Gasteiger partial charge in [0.15, 0.2) is 5.75 Å². The molecule has 0 aliphatic heterocycles. The van der Waals surface area contributed by atoms with Gasteiger partial charge in [-0.1, -0.05) is 17.7 Å².